The summed E-state index contributed by atoms with van der Waals surface area (Å²) in [4.78, 5) is 34.4. The van der Waals surface area contributed by atoms with E-state index in [0.717, 1.165) is 11.3 Å². The molecular weight excluding hydrogens is 426 g/mol. The van der Waals surface area contributed by atoms with Gasteiger partial charge in [-0.1, -0.05) is 29.5 Å². The first-order valence-corrected chi connectivity index (χ1v) is 10.5. The minimum absolute atomic E-state index is 0.125. The molecule has 0 unspecified atom stereocenters. The predicted molar refractivity (Wildman–Crippen MR) is 122 cm³/mol. The van der Waals surface area contributed by atoms with Crippen LogP contribution in [0.25, 0.3) is 10.7 Å². The summed E-state index contributed by atoms with van der Waals surface area (Å²) in [6.07, 6.45) is 4.85. The first kappa shape index (κ1) is 21.1. The van der Waals surface area contributed by atoms with Gasteiger partial charge in [-0.15, -0.1) is 10.2 Å². The van der Waals surface area contributed by atoms with Gasteiger partial charge in [0.05, 0.1) is 0 Å². The monoisotopic (exact) mass is 445 g/mol. The van der Waals surface area contributed by atoms with Crippen LogP contribution in [-0.2, 0) is 6.54 Å². The van der Waals surface area contributed by atoms with E-state index in [1.54, 1.807) is 42.7 Å². The van der Waals surface area contributed by atoms with Gasteiger partial charge >= 0.3 is 6.03 Å². The van der Waals surface area contributed by atoms with Gasteiger partial charge in [0, 0.05) is 43.4 Å². The molecule has 3 amide bonds. The van der Waals surface area contributed by atoms with E-state index in [9.17, 15) is 9.59 Å². The maximum Gasteiger partial charge on any atom is 0.321 e. The van der Waals surface area contributed by atoms with Crippen LogP contribution in [0, 0.1) is 0 Å². The second kappa shape index (κ2) is 9.75. The molecule has 0 aliphatic rings. The normalized spacial score (nSPS) is 10.4. The molecule has 3 aromatic heterocycles. The van der Waals surface area contributed by atoms with Gasteiger partial charge in [0.15, 0.2) is 5.01 Å². The summed E-state index contributed by atoms with van der Waals surface area (Å²) in [5, 5.41) is 14.5. The first-order chi connectivity index (χ1) is 15.6. The number of rotatable bonds is 6. The Balaban J connectivity index is 1.30. The molecule has 32 heavy (non-hydrogen) atoms. The fraction of sp³-hybridized carbons (Fsp3) is 0.0909. The molecule has 0 saturated carbocycles. The zero-order chi connectivity index (χ0) is 22.3. The Morgan fingerprint density at radius 3 is 2.47 bits per heavy atom. The predicted octanol–water partition coefficient (Wildman–Crippen LogP) is 3.59. The standard InChI is InChI=1S/C22H19N7O2S/c1-29(20(30)16-9-12-23-13-10-16)17-7-5-15(6-8-17)14-25-21(31)26-22-28-27-19(32-22)18-4-2-3-11-24-18/h2-13H,14H2,1H3,(H2,25,26,28,31). The van der Waals surface area contributed by atoms with Crippen molar-refractivity contribution in [2.24, 2.45) is 0 Å². The molecule has 0 fully saturated rings. The quantitative estimate of drug-likeness (QED) is 0.469. The number of anilines is 2. The number of aromatic nitrogens is 4. The van der Waals surface area contributed by atoms with Crippen LogP contribution >= 0.6 is 11.3 Å². The Morgan fingerprint density at radius 2 is 1.75 bits per heavy atom. The fourth-order valence-corrected chi connectivity index (χ4v) is 3.55. The first-order valence-electron chi connectivity index (χ1n) is 9.67. The third-order valence-corrected chi connectivity index (χ3v) is 5.40. The van der Waals surface area contributed by atoms with E-state index in [4.69, 9.17) is 0 Å². The topological polar surface area (TPSA) is 113 Å². The van der Waals surface area contributed by atoms with Crippen LogP contribution in [0.15, 0.2) is 73.2 Å². The van der Waals surface area contributed by atoms with E-state index in [1.165, 1.54) is 11.3 Å². The zero-order valence-corrected chi connectivity index (χ0v) is 17.9. The van der Waals surface area contributed by atoms with E-state index in [1.807, 2.05) is 42.5 Å². The van der Waals surface area contributed by atoms with Crippen molar-refractivity contribution in [1.29, 1.82) is 0 Å². The smallest absolute Gasteiger partial charge is 0.321 e. The van der Waals surface area contributed by atoms with E-state index in [-0.39, 0.29) is 11.9 Å². The van der Waals surface area contributed by atoms with Crippen LogP contribution in [0.5, 0.6) is 0 Å². The second-order valence-corrected chi connectivity index (χ2v) is 7.68. The number of carbonyl (C=O) groups excluding carboxylic acids is 2. The van der Waals surface area contributed by atoms with Crippen LogP contribution in [0.2, 0.25) is 0 Å². The molecule has 0 atom stereocenters. The van der Waals surface area contributed by atoms with Crippen LogP contribution in [0.1, 0.15) is 15.9 Å². The van der Waals surface area contributed by atoms with E-state index < -0.39 is 0 Å². The number of benzene rings is 1. The number of amides is 3. The lowest BCUT2D eigenvalue weighted by molar-refractivity contribution is 0.0993. The minimum Gasteiger partial charge on any atom is -0.334 e. The largest absolute Gasteiger partial charge is 0.334 e. The molecule has 4 rings (SSSR count). The summed E-state index contributed by atoms with van der Waals surface area (Å²) < 4.78 is 0. The molecule has 2 N–H and O–H groups in total. The van der Waals surface area contributed by atoms with Crippen LogP contribution in [0.4, 0.5) is 15.6 Å². The van der Waals surface area contributed by atoms with Crippen LogP contribution < -0.4 is 15.5 Å². The van der Waals surface area contributed by atoms with Gasteiger partial charge in [0.1, 0.15) is 5.69 Å². The summed E-state index contributed by atoms with van der Waals surface area (Å²) in [5.74, 6) is -0.125. The average Bonchev–Trinajstić information content (AvgIpc) is 3.31. The number of hydrogen-bond donors (Lipinski definition) is 2. The van der Waals surface area contributed by atoms with Crippen molar-refractivity contribution in [3.05, 3.63) is 84.3 Å². The lowest BCUT2D eigenvalue weighted by Crippen LogP contribution is -2.28. The van der Waals surface area contributed by atoms with Crippen molar-refractivity contribution in [3.8, 4) is 10.7 Å². The van der Waals surface area contributed by atoms with Gasteiger partial charge in [0.2, 0.25) is 5.13 Å². The van der Waals surface area contributed by atoms with Gasteiger partial charge in [-0.25, -0.2) is 4.79 Å². The molecule has 160 valence electrons. The zero-order valence-electron chi connectivity index (χ0n) is 17.1. The van der Waals surface area contributed by atoms with Crippen LogP contribution in [0.3, 0.4) is 0 Å². The Hall–Kier alpha value is -4.18. The molecular formula is C22H19N7O2S. The number of pyridine rings is 2. The Kier molecular flexibility index (Phi) is 6.42. The molecule has 0 aliphatic carbocycles. The summed E-state index contributed by atoms with van der Waals surface area (Å²) in [7, 11) is 1.71. The van der Waals surface area contributed by atoms with Crippen molar-refractivity contribution in [3.63, 3.8) is 0 Å². The van der Waals surface area contributed by atoms with E-state index in [0.29, 0.717) is 27.9 Å². The summed E-state index contributed by atoms with van der Waals surface area (Å²) in [6, 6.07) is 15.9. The van der Waals surface area contributed by atoms with Gasteiger partial charge in [-0.05, 0) is 42.0 Å². The van der Waals surface area contributed by atoms with Crippen molar-refractivity contribution >= 4 is 34.1 Å². The second-order valence-electron chi connectivity index (χ2n) is 6.70. The summed E-state index contributed by atoms with van der Waals surface area (Å²) in [5.41, 5.74) is 2.90. The number of urea groups is 1. The Labute approximate surface area is 188 Å². The highest BCUT2D eigenvalue weighted by molar-refractivity contribution is 7.18. The van der Waals surface area contributed by atoms with Crippen molar-refractivity contribution in [2.45, 2.75) is 6.54 Å². The lowest BCUT2D eigenvalue weighted by Gasteiger charge is -2.17. The Morgan fingerprint density at radius 1 is 0.969 bits per heavy atom. The molecule has 0 bridgehead atoms. The molecule has 0 aliphatic heterocycles. The molecule has 0 saturated heterocycles. The van der Waals surface area contributed by atoms with Gasteiger partial charge < -0.3 is 10.2 Å². The minimum atomic E-state index is -0.386. The highest BCUT2D eigenvalue weighted by Gasteiger charge is 2.13. The Bertz CT molecular complexity index is 1200. The summed E-state index contributed by atoms with van der Waals surface area (Å²) >= 11 is 1.24. The lowest BCUT2D eigenvalue weighted by atomic mass is 10.1. The molecule has 3 heterocycles. The molecule has 10 heteroatoms. The molecule has 9 nitrogen and oxygen atoms in total. The third-order valence-electron chi connectivity index (χ3n) is 4.54. The highest BCUT2D eigenvalue weighted by Crippen LogP contribution is 2.24. The molecule has 4 aromatic rings. The maximum absolute atomic E-state index is 12.5. The van der Waals surface area contributed by atoms with Gasteiger partial charge in [-0.3, -0.25) is 20.1 Å². The molecule has 1 aromatic carbocycles. The fourth-order valence-electron chi connectivity index (χ4n) is 2.83. The van der Waals surface area contributed by atoms with Crippen molar-refractivity contribution in [1.82, 2.24) is 25.5 Å². The van der Waals surface area contributed by atoms with E-state index >= 15 is 0 Å². The number of nitrogens with one attached hydrogen (secondary N) is 2. The van der Waals surface area contributed by atoms with Crippen molar-refractivity contribution in [2.75, 3.05) is 17.3 Å². The average molecular weight is 446 g/mol. The van der Waals surface area contributed by atoms with E-state index in [2.05, 4.69) is 30.8 Å². The SMILES string of the molecule is CN(C(=O)c1ccncc1)c1ccc(CNC(=O)Nc2nnc(-c3ccccn3)s2)cc1. The summed E-state index contributed by atoms with van der Waals surface area (Å²) in [6.45, 7) is 0.319. The maximum atomic E-state index is 12.5. The van der Waals surface area contributed by atoms with Crippen LogP contribution in [-0.4, -0.2) is 39.2 Å². The van der Waals surface area contributed by atoms with Crippen molar-refractivity contribution < 1.29 is 9.59 Å². The number of nitrogens with zero attached hydrogens (tertiary/aromatic N) is 5. The number of hydrogen-bond acceptors (Lipinski definition) is 7. The third kappa shape index (κ3) is 5.10. The number of carbonyl (C=O) groups is 2. The molecule has 0 radical (unpaired) electrons. The molecule has 0 spiro atoms. The highest BCUT2D eigenvalue weighted by atomic mass is 32.1. The van der Waals surface area contributed by atoms with Gasteiger partial charge in [-0.2, -0.15) is 0 Å². The van der Waals surface area contributed by atoms with Gasteiger partial charge in [0.25, 0.3) is 5.91 Å².